The van der Waals surface area contributed by atoms with Gasteiger partial charge < -0.3 is 10.0 Å². The number of carboxylic acid groups (broad SMARTS) is 1. The van der Waals surface area contributed by atoms with E-state index in [2.05, 4.69) is 6.92 Å². The van der Waals surface area contributed by atoms with Crippen LogP contribution in [0.5, 0.6) is 0 Å². The van der Waals surface area contributed by atoms with Gasteiger partial charge in [0.15, 0.2) is 0 Å². The van der Waals surface area contributed by atoms with E-state index >= 15 is 0 Å². The Balaban J connectivity index is 1.85. The maximum Gasteiger partial charge on any atom is 0.307 e. The third kappa shape index (κ3) is 2.13. The first-order valence-corrected chi connectivity index (χ1v) is 5.61. The van der Waals surface area contributed by atoms with Crippen molar-refractivity contribution in [3.8, 4) is 0 Å². The lowest BCUT2D eigenvalue weighted by Crippen LogP contribution is -2.39. The Hall–Kier alpha value is -1.06. The van der Waals surface area contributed by atoms with Crippen molar-refractivity contribution in [1.82, 2.24) is 4.90 Å². The Morgan fingerprint density at radius 3 is 2.27 bits per heavy atom. The molecule has 0 radical (unpaired) electrons. The molecular weight excluding hydrogens is 194 g/mol. The number of likely N-dealkylation sites (tertiary alicyclic amines) is 1. The van der Waals surface area contributed by atoms with Gasteiger partial charge in [-0.25, -0.2) is 0 Å². The Morgan fingerprint density at radius 1 is 1.20 bits per heavy atom. The lowest BCUT2D eigenvalue weighted by molar-refractivity contribution is -0.142. The Morgan fingerprint density at radius 2 is 1.80 bits per heavy atom. The number of rotatable bonds is 2. The number of carboxylic acids is 1. The fourth-order valence-electron chi connectivity index (χ4n) is 2.20. The van der Waals surface area contributed by atoms with Crippen LogP contribution in [-0.4, -0.2) is 35.0 Å². The lowest BCUT2D eigenvalue weighted by Gasteiger charge is -2.30. The molecule has 2 fully saturated rings. The van der Waals surface area contributed by atoms with Crippen LogP contribution in [0.4, 0.5) is 0 Å². The first kappa shape index (κ1) is 10.5. The first-order chi connectivity index (χ1) is 7.09. The molecule has 2 rings (SSSR count). The van der Waals surface area contributed by atoms with Gasteiger partial charge in [-0.15, -0.1) is 0 Å². The van der Waals surface area contributed by atoms with Crippen molar-refractivity contribution in [2.24, 2.45) is 17.8 Å². The molecule has 0 aromatic carbocycles. The predicted molar refractivity (Wildman–Crippen MR) is 54.2 cm³/mol. The fourth-order valence-corrected chi connectivity index (χ4v) is 2.20. The van der Waals surface area contributed by atoms with Crippen molar-refractivity contribution in [3.05, 3.63) is 0 Å². The Labute approximate surface area is 89.3 Å². The number of hydrogen-bond donors (Lipinski definition) is 1. The maximum atomic E-state index is 11.8. The molecule has 2 aliphatic rings. The average molecular weight is 211 g/mol. The van der Waals surface area contributed by atoms with Crippen LogP contribution in [0, 0.1) is 17.8 Å². The third-order valence-electron chi connectivity index (χ3n) is 3.52. The van der Waals surface area contributed by atoms with Gasteiger partial charge in [0.05, 0.1) is 11.8 Å². The van der Waals surface area contributed by atoms with Gasteiger partial charge in [-0.05, 0) is 25.2 Å². The second-order valence-corrected chi connectivity index (χ2v) is 4.79. The summed E-state index contributed by atoms with van der Waals surface area (Å²) in [6.45, 7) is 3.81. The van der Waals surface area contributed by atoms with E-state index in [0.717, 1.165) is 25.9 Å². The molecule has 15 heavy (non-hydrogen) atoms. The van der Waals surface area contributed by atoms with E-state index in [-0.39, 0.29) is 11.8 Å². The quantitative estimate of drug-likeness (QED) is 0.740. The van der Waals surface area contributed by atoms with E-state index in [0.29, 0.717) is 12.3 Å². The van der Waals surface area contributed by atoms with Crippen LogP contribution < -0.4 is 0 Å². The van der Waals surface area contributed by atoms with Crippen LogP contribution in [0.25, 0.3) is 0 Å². The minimum Gasteiger partial charge on any atom is -0.481 e. The molecule has 0 bridgehead atoms. The molecular formula is C11H17NO3. The standard InChI is InChI=1S/C11H17NO3/c1-7-2-4-12(5-3-7)10(13)8-6-9(8)11(14)15/h7-9H,2-6H2,1H3,(H,14,15)/t8-,9-/m0/s1. The van der Waals surface area contributed by atoms with Gasteiger partial charge in [0.25, 0.3) is 0 Å². The normalized spacial score (nSPS) is 31.4. The molecule has 84 valence electrons. The molecule has 0 unspecified atom stereocenters. The van der Waals surface area contributed by atoms with Crippen molar-refractivity contribution in [2.45, 2.75) is 26.2 Å². The van der Waals surface area contributed by atoms with E-state index in [1.165, 1.54) is 0 Å². The summed E-state index contributed by atoms with van der Waals surface area (Å²) in [5.74, 6) is -0.690. The van der Waals surface area contributed by atoms with E-state index in [9.17, 15) is 9.59 Å². The summed E-state index contributed by atoms with van der Waals surface area (Å²) in [5.41, 5.74) is 0. The summed E-state index contributed by atoms with van der Waals surface area (Å²) in [7, 11) is 0. The minimum absolute atomic E-state index is 0.0642. The van der Waals surface area contributed by atoms with E-state index in [4.69, 9.17) is 5.11 Å². The van der Waals surface area contributed by atoms with Crippen LogP contribution in [0.2, 0.25) is 0 Å². The largest absolute Gasteiger partial charge is 0.481 e. The Kier molecular flexibility index (Phi) is 2.67. The SMILES string of the molecule is CC1CCN(C(=O)[C@H]2C[C@@H]2C(=O)O)CC1. The highest BCUT2D eigenvalue weighted by molar-refractivity contribution is 5.89. The zero-order valence-electron chi connectivity index (χ0n) is 8.98. The number of hydrogen-bond acceptors (Lipinski definition) is 2. The van der Waals surface area contributed by atoms with Crippen LogP contribution in [0.15, 0.2) is 0 Å². The first-order valence-electron chi connectivity index (χ1n) is 5.61. The van der Waals surface area contributed by atoms with Gasteiger partial charge in [-0.3, -0.25) is 9.59 Å². The summed E-state index contributed by atoms with van der Waals surface area (Å²) >= 11 is 0. The molecule has 0 aromatic heterocycles. The summed E-state index contributed by atoms with van der Waals surface area (Å²) in [6.07, 6.45) is 2.65. The van der Waals surface area contributed by atoms with Gasteiger partial charge in [0.2, 0.25) is 5.91 Å². The zero-order valence-corrected chi connectivity index (χ0v) is 8.98. The lowest BCUT2D eigenvalue weighted by atomic mass is 9.99. The molecule has 4 nitrogen and oxygen atoms in total. The van der Waals surface area contributed by atoms with Crippen LogP contribution in [0.3, 0.4) is 0 Å². The highest BCUT2D eigenvalue weighted by atomic mass is 16.4. The molecule has 1 heterocycles. The van der Waals surface area contributed by atoms with E-state index in [1.807, 2.05) is 4.90 Å². The van der Waals surface area contributed by atoms with Crippen molar-refractivity contribution in [3.63, 3.8) is 0 Å². The summed E-state index contributed by atoms with van der Waals surface area (Å²) < 4.78 is 0. The van der Waals surface area contributed by atoms with Gasteiger partial charge in [-0.2, -0.15) is 0 Å². The van der Waals surface area contributed by atoms with Gasteiger partial charge in [0.1, 0.15) is 0 Å². The number of carbonyl (C=O) groups is 2. The van der Waals surface area contributed by atoms with Crippen LogP contribution in [0.1, 0.15) is 26.2 Å². The van der Waals surface area contributed by atoms with Crippen LogP contribution >= 0.6 is 0 Å². The van der Waals surface area contributed by atoms with Gasteiger partial charge >= 0.3 is 5.97 Å². The van der Waals surface area contributed by atoms with Crippen molar-refractivity contribution in [1.29, 1.82) is 0 Å². The summed E-state index contributed by atoms with van der Waals surface area (Å²) in [5, 5.41) is 8.74. The molecule has 0 aromatic rings. The fraction of sp³-hybridized carbons (Fsp3) is 0.818. The highest BCUT2D eigenvalue weighted by Crippen LogP contribution is 2.40. The minimum atomic E-state index is -0.821. The Bertz CT molecular complexity index is 282. The van der Waals surface area contributed by atoms with E-state index in [1.54, 1.807) is 0 Å². The van der Waals surface area contributed by atoms with Crippen molar-refractivity contribution >= 4 is 11.9 Å². The smallest absolute Gasteiger partial charge is 0.307 e. The monoisotopic (exact) mass is 211 g/mol. The molecule has 1 saturated carbocycles. The maximum absolute atomic E-state index is 11.8. The van der Waals surface area contributed by atoms with Gasteiger partial charge in [-0.1, -0.05) is 6.92 Å². The molecule has 1 aliphatic carbocycles. The predicted octanol–water partition coefficient (Wildman–Crippen LogP) is 0.966. The van der Waals surface area contributed by atoms with Crippen LogP contribution in [-0.2, 0) is 9.59 Å². The molecule has 4 heteroatoms. The summed E-state index contributed by atoms with van der Waals surface area (Å²) in [6, 6.07) is 0. The molecule has 1 amide bonds. The molecule has 1 saturated heterocycles. The molecule has 2 atom stereocenters. The number of amides is 1. The molecule has 1 aliphatic heterocycles. The third-order valence-corrected chi connectivity index (χ3v) is 3.52. The van der Waals surface area contributed by atoms with Crippen molar-refractivity contribution < 1.29 is 14.7 Å². The number of nitrogens with zero attached hydrogens (tertiary/aromatic N) is 1. The van der Waals surface area contributed by atoms with Gasteiger partial charge in [0, 0.05) is 13.1 Å². The number of carbonyl (C=O) groups excluding carboxylic acids is 1. The summed E-state index contributed by atoms with van der Waals surface area (Å²) in [4.78, 5) is 24.3. The zero-order chi connectivity index (χ0) is 11.0. The van der Waals surface area contributed by atoms with E-state index < -0.39 is 11.9 Å². The van der Waals surface area contributed by atoms with Crippen molar-refractivity contribution in [2.75, 3.05) is 13.1 Å². The second kappa shape index (κ2) is 3.83. The number of piperidine rings is 1. The molecule has 1 N–H and O–H groups in total. The average Bonchev–Trinajstić information content (AvgIpc) is 2.97. The molecule has 0 spiro atoms. The second-order valence-electron chi connectivity index (χ2n) is 4.79. The topological polar surface area (TPSA) is 57.6 Å². The number of aliphatic carboxylic acids is 1. The highest BCUT2D eigenvalue weighted by Gasteiger charge is 2.49.